The molecule has 0 spiro atoms. The first kappa shape index (κ1) is 9.79. The first-order chi connectivity index (χ1) is 6.08. The molecule has 0 atom stereocenters. The molecule has 0 saturated heterocycles. The van der Waals surface area contributed by atoms with E-state index in [9.17, 15) is 0 Å². The van der Waals surface area contributed by atoms with Crippen LogP contribution in [0.4, 0.5) is 0 Å². The van der Waals surface area contributed by atoms with E-state index in [-0.39, 0.29) is 23.9 Å². The van der Waals surface area contributed by atoms with Crippen LogP contribution in [0.25, 0.3) is 0 Å². The first-order valence-corrected chi connectivity index (χ1v) is 4.08. The molecule has 13 heavy (non-hydrogen) atoms. The first-order valence-electron chi connectivity index (χ1n) is 4.08. The molecular weight excluding hydrogens is 170 g/mol. The maximum atomic E-state index is 8.96. The van der Waals surface area contributed by atoms with Crippen molar-refractivity contribution in [1.29, 1.82) is 0 Å². The summed E-state index contributed by atoms with van der Waals surface area (Å²) in [7, 11) is 0. The van der Waals surface area contributed by atoms with Gasteiger partial charge in [-0.2, -0.15) is 4.99 Å². The van der Waals surface area contributed by atoms with Gasteiger partial charge in [0.05, 0.1) is 13.2 Å². The molecule has 1 rings (SSSR count). The maximum Gasteiger partial charge on any atom is 0.218 e. The minimum absolute atomic E-state index is 0.0521. The highest BCUT2D eigenvalue weighted by Crippen LogP contribution is 2.45. The van der Waals surface area contributed by atoms with E-state index in [4.69, 9.17) is 22.3 Å². The largest absolute Gasteiger partial charge is 0.396 e. The molecule has 0 aromatic rings. The molecule has 0 aromatic heterocycles. The lowest BCUT2D eigenvalue weighted by Gasteiger charge is -2.06. The van der Waals surface area contributed by atoms with Gasteiger partial charge in [0, 0.05) is 5.41 Å². The van der Waals surface area contributed by atoms with Gasteiger partial charge in [0.1, 0.15) is 0 Å². The van der Waals surface area contributed by atoms with Crippen LogP contribution in [-0.2, 0) is 0 Å². The van der Waals surface area contributed by atoms with Crippen molar-refractivity contribution in [3.05, 3.63) is 0 Å². The number of aliphatic imine (C=N–C) groups is 2. The molecule has 1 aliphatic carbocycles. The van der Waals surface area contributed by atoms with E-state index in [2.05, 4.69) is 9.98 Å². The van der Waals surface area contributed by atoms with Crippen LogP contribution >= 0.6 is 0 Å². The SMILES string of the molecule is NC(N)=NC(N)=NCC1(CO)CC1. The molecule has 1 fully saturated rings. The van der Waals surface area contributed by atoms with Gasteiger partial charge in [-0.25, -0.2) is 0 Å². The molecule has 6 heteroatoms. The van der Waals surface area contributed by atoms with Crippen molar-refractivity contribution in [2.75, 3.05) is 13.2 Å². The molecule has 0 bridgehead atoms. The fourth-order valence-corrected chi connectivity index (χ4v) is 0.959. The van der Waals surface area contributed by atoms with Crippen LogP contribution in [0, 0.1) is 5.41 Å². The van der Waals surface area contributed by atoms with E-state index < -0.39 is 0 Å². The van der Waals surface area contributed by atoms with Crippen LogP contribution in [0.1, 0.15) is 12.8 Å². The number of aliphatic hydroxyl groups is 1. The Kier molecular flexibility index (Phi) is 2.72. The lowest BCUT2D eigenvalue weighted by atomic mass is 10.1. The topological polar surface area (TPSA) is 123 Å². The summed E-state index contributed by atoms with van der Waals surface area (Å²) in [5.74, 6) is -0.0326. The molecule has 0 amide bonds. The molecule has 0 aliphatic heterocycles. The maximum absolute atomic E-state index is 8.96. The summed E-state index contributed by atoms with van der Waals surface area (Å²) in [5.41, 5.74) is 15.5. The molecule has 0 heterocycles. The average molecular weight is 185 g/mol. The molecule has 0 unspecified atom stereocenters. The highest BCUT2D eigenvalue weighted by molar-refractivity contribution is 5.92. The third-order valence-corrected chi connectivity index (χ3v) is 2.11. The Morgan fingerprint density at radius 2 is 1.92 bits per heavy atom. The standard InChI is InChI=1S/C7H15N5O/c8-5(9)12-6(10)11-3-7(4-13)1-2-7/h13H,1-4H2,(H6,8,9,10,11,12). The number of aliphatic hydroxyl groups excluding tert-OH is 1. The number of hydrogen-bond donors (Lipinski definition) is 4. The Bertz CT molecular complexity index is 239. The summed E-state index contributed by atoms with van der Waals surface area (Å²) in [4.78, 5) is 7.52. The number of guanidine groups is 2. The van der Waals surface area contributed by atoms with Crippen molar-refractivity contribution in [2.45, 2.75) is 12.8 Å². The molecule has 1 aliphatic rings. The van der Waals surface area contributed by atoms with Crippen molar-refractivity contribution >= 4 is 11.9 Å². The average Bonchev–Trinajstić information content (AvgIpc) is 2.80. The molecule has 74 valence electrons. The third kappa shape index (κ3) is 2.90. The fourth-order valence-electron chi connectivity index (χ4n) is 0.959. The van der Waals surface area contributed by atoms with Crippen molar-refractivity contribution in [2.24, 2.45) is 32.6 Å². The minimum atomic E-state index is -0.102. The van der Waals surface area contributed by atoms with Gasteiger partial charge in [-0.3, -0.25) is 4.99 Å². The molecule has 0 radical (unpaired) electrons. The van der Waals surface area contributed by atoms with Crippen LogP contribution in [0.3, 0.4) is 0 Å². The van der Waals surface area contributed by atoms with Gasteiger partial charge in [-0.05, 0) is 12.8 Å². The van der Waals surface area contributed by atoms with Crippen LogP contribution in [0.2, 0.25) is 0 Å². The Morgan fingerprint density at radius 3 is 2.31 bits per heavy atom. The summed E-state index contributed by atoms with van der Waals surface area (Å²) in [6, 6.07) is 0. The molecule has 1 saturated carbocycles. The molecule has 7 N–H and O–H groups in total. The Hall–Kier alpha value is -1.30. The smallest absolute Gasteiger partial charge is 0.218 e. The van der Waals surface area contributed by atoms with E-state index in [1.807, 2.05) is 0 Å². The molecular formula is C7H15N5O. The number of hydrogen-bond acceptors (Lipinski definition) is 2. The zero-order valence-corrected chi connectivity index (χ0v) is 7.40. The van der Waals surface area contributed by atoms with Crippen molar-refractivity contribution in [3.63, 3.8) is 0 Å². The normalized spacial score (nSPS) is 19.6. The van der Waals surface area contributed by atoms with Crippen LogP contribution in [0.5, 0.6) is 0 Å². The highest BCUT2D eigenvalue weighted by Gasteiger charge is 2.41. The Labute approximate surface area is 76.5 Å². The lowest BCUT2D eigenvalue weighted by Crippen LogP contribution is -2.27. The van der Waals surface area contributed by atoms with Crippen LogP contribution in [-0.4, -0.2) is 30.2 Å². The summed E-state index contributed by atoms with van der Waals surface area (Å²) < 4.78 is 0. The van der Waals surface area contributed by atoms with Crippen LogP contribution < -0.4 is 17.2 Å². The van der Waals surface area contributed by atoms with E-state index >= 15 is 0 Å². The molecule has 0 aromatic carbocycles. The van der Waals surface area contributed by atoms with Gasteiger partial charge in [0.15, 0.2) is 5.96 Å². The van der Waals surface area contributed by atoms with E-state index in [0.29, 0.717) is 6.54 Å². The second-order valence-electron chi connectivity index (χ2n) is 3.37. The van der Waals surface area contributed by atoms with E-state index in [1.54, 1.807) is 0 Å². The number of nitrogens with zero attached hydrogens (tertiary/aromatic N) is 2. The predicted molar refractivity (Wildman–Crippen MR) is 51.1 cm³/mol. The van der Waals surface area contributed by atoms with Gasteiger partial charge in [0.2, 0.25) is 5.96 Å². The molecule has 6 nitrogen and oxygen atoms in total. The highest BCUT2D eigenvalue weighted by atomic mass is 16.3. The third-order valence-electron chi connectivity index (χ3n) is 2.11. The van der Waals surface area contributed by atoms with Gasteiger partial charge < -0.3 is 22.3 Å². The van der Waals surface area contributed by atoms with E-state index in [1.165, 1.54) is 0 Å². The zero-order valence-electron chi connectivity index (χ0n) is 7.40. The fraction of sp³-hybridized carbons (Fsp3) is 0.714. The predicted octanol–water partition coefficient (Wildman–Crippen LogP) is -1.65. The summed E-state index contributed by atoms with van der Waals surface area (Å²) in [6.45, 7) is 0.637. The number of rotatable bonds is 3. The number of nitrogens with two attached hydrogens (primary N) is 3. The lowest BCUT2D eigenvalue weighted by molar-refractivity contribution is 0.217. The van der Waals surface area contributed by atoms with Crippen molar-refractivity contribution < 1.29 is 5.11 Å². The second kappa shape index (κ2) is 3.61. The van der Waals surface area contributed by atoms with Gasteiger partial charge in [0.25, 0.3) is 0 Å². The van der Waals surface area contributed by atoms with E-state index in [0.717, 1.165) is 12.8 Å². The monoisotopic (exact) mass is 185 g/mol. The summed E-state index contributed by atoms with van der Waals surface area (Å²) in [5, 5.41) is 8.96. The van der Waals surface area contributed by atoms with Gasteiger partial charge in [-0.1, -0.05) is 0 Å². The van der Waals surface area contributed by atoms with Gasteiger partial charge >= 0.3 is 0 Å². The minimum Gasteiger partial charge on any atom is -0.396 e. The Morgan fingerprint density at radius 1 is 1.31 bits per heavy atom. The van der Waals surface area contributed by atoms with Crippen molar-refractivity contribution in [3.8, 4) is 0 Å². The summed E-state index contributed by atoms with van der Waals surface area (Å²) >= 11 is 0. The van der Waals surface area contributed by atoms with Crippen LogP contribution in [0.15, 0.2) is 9.98 Å². The quantitative estimate of drug-likeness (QED) is 0.310. The van der Waals surface area contributed by atoms with Gasteiger partial charge in [-0.15, -0.1) is 0 Å². The summed E-state index contributed by atoms with van der Waals surface area (Å²) in [6.07, 6.45) is 1.98. The van der Waals surface area contributed by atoms with Crippen molar-refractivity contribution in [1.82, 2.24) is 0 Å². The zero-order chi connectivity index (χ0) is 9.90. The second-order valence-corrected chi connectivity index (χ2v) is 3.37. The Balaban J connectivity index is 2.43.